The first kappa shape index (κ1) is 17.4. The second kappa shape index (κ2) is 7.30. The summed E-state index contributed by atoms with van der Waals surface area (Å²) in [5, 5.41) is 7.02. The van der Waals surface area contributed by atoms with E-state index in [-0.39, 0.29) is 23.8 Å². The van der Waals surface area contributed by atoms with Crippen LogP contribution in [0.1, 0.15) is 32.6 Å². The number of halogens is 1. The molecular weight excluding hydrogens is 347 g/mol. The average Bonchev–Trinajstić information content (AvgIpc) is 3.09. The molecule has 0 aromatic carbocycles. The van der Waals surface area contributed by atoms with E-state index < -0.39 is 5.82 Å². The lowest BCUT2D eigenvalue weighted by atomic mass is 9.90. The predicted octanol–water partition coefficient (Wildman–Crippen LogP) is 3.02. The molecule has 1 aliphatic carbocycles. The number of aromatic amines is 1. The molecule has 1 aliphatic rings. The van der Waals surface area contributed by atoms with Crippen molar-refractivity contribution in [3.63, 3.8) is 0 Å². The van der Waals surface area contributed by atoms with Gasteiger partial charge in [0.05, 0.1) is 6.20 Å². The van der Waals surface area contributed by atoms with Gasteiger partial charge in [-0.05, 0) is 25.0 Å². The number of fused-ring (bicyclic) bond motifs is 1. The fraction of sp³-hybridized carbons (Fsp3) is 0.368. The van der Waals surface area contributed by atoms with Crippen LogP contribution < -0.4 is 10.6 Å². The normalized spacial score (nSPS) is 19.8. The van der Waals surface area contributed by atoms with Crippen molar-refractivity contribution in [2.75, 3.05) is 5.32 Å². The Labute approximate surface area is 155 Å². The van der Waals surface area contributed by atoms with Crippen LogP contribution >= 0.6 is 0 Å². The zero-order chi connectivity index (χ0) is 18.8. The number of anilines is 1. The van der Waals surface area contributed by atoms with Gasteiger partial charge in [-0.3, -0.25) is 4.79 Å². The van der Waals surface area contributed by atoms with Crippen molar-refractivity contribution in [3.05, 3.63) is 36.5 Å². The lowest BCUT2D eigenvalue weighted by Gasteiger charge is -2.33. The summed E-state index contributed by atoms with van der Waals surface area (Å²) in [7, 11) is 0. The lowest BCUT2D eigenvalue weighted by molar-refractivity contribution is -0.119. The van der Waals surface area contributed by atoms with Gasteiger partial charge in [-0.1, -0.05) is 12.8 Å². The molecule has 27 heavy (non-hydrogen) atoms. The first-order valence-electron chi connectivity index (χ1n) is 9.10. The number of carbonyl (C=O) groups excluding carboxylic acids is 1. The summed E-state index contributed by atoms with van der Waals surface area (Å²) in [6, 6.07) is 3.65. The molecule has 0 bridgehead atoms. The Kier molecular flexibility index (Phi) is 4.70. The number of nitrogens with one attached hydrogen (secondary N) is 3. The molecule has 1 saturated carbocycles. The van der Waals surface area contributed by atoms with Crippen molar-refractivity contribution in [3.8, 4) is 11.4 Å². The third-order valence-corrected chi connectivity index (χ3v) is 4.91. The molecule has 0 aliphatic heterocycles. The van der Waals surface area contributed by atoms with Crippen molar-refractivity contribution >= 4 is 22.8 Å². The van der Waals surface area contributed by atoms with Gasteiger partial charge in [0.15, 0.2) is 17.5 Å². The number of amides is 1. The number of H-pyrrole nitrogens is 1. The van der Waals surface area contributed by atoms with Gasteiger partial charge in [0.25, 0.3) is 0 Å². The van der Waals surface area contributed by atoms with E-state index in [9.17, 15) is 9.18 Å². The van der Waals surface area contributed by atoms with Crippen molar-refractivity contribution in [1.29, 1.82) is 0 Å². The predicted molar refractivity (Wildman–Crippen MR) is 101 cm³/mol. The first-order valence-corrected chi connectivity index (χ1v) is 9.10. The van der Waals surface area contributed by atoms with Crippen molar-refractivity contribution in [2.24, 2.45) is 0 Å². The smallest absolute Gasteiger partial charge is 0.217 e. The van der Waals surface area contributed by atoms with Crippen molar-refractivity contribution in [2.45, 2.75) is 44.7 Å². The first-order chi connectivity index (χ1) is 13.1. The highest BCUT2D eigenvalue weighted by atomic mass is 19.1. The van der Waals surface area contributed by atoms with Crippen molar-refractivity contribution in [1.82, 2.24) is 25.3 Å². The fourth-order valence-corrected chi connectivity index (χ4v) is 3.65. The maximum atomic E-state index is 14.4. The number of hydrogen-bond donors (Lipinski definition) is 3. The van der Waals surface area contributed by atoms with Crippen LogP contribution in [0.15, 0.2) is 30.7 Å². The molecule has 3 heterocycles. The topological polar surface area (TPSA) is 95.6 Å². The molecule has 3 aromatic rings. The average molecular weight is 368 g/mol. The van der Waals surface area contributed by atoms with Gasteiger partial charge in [0.2, 0.25) is 5.91 Å². The second-order valence-corrected chi connectivity index (χ2v) is 6.83. The summed E-state index contributed by atoms with van der Waals surface area (Å²) < 4.78 is 14.4. The second-order valence-electron chi connectivity index (χ2n) is 6.83. The molecule has 7 nitrogen and oxygen atoms in total. The summed E-state index contributed by atoms with van der Waals surface area (Å²) in [6.45, 7) is 1.50. The number of hydrogen-bond acceptors (Lipinski definition) is 5. The van der Waals surface area contributed by atoms with Gasteiger partial charge in [0, 0.05) is 42.4 Å². The minimum Gasteiger partial charge on any atom is -0.363 e. The van der Waals surface area contributed by atoms with E-state index in [4.69, 9.17) is 0 Å². The van der Waals surface area contributed by atoms with E-state index in [1.54, 1.807) is 12.4 Å². The van der Waals surface area contributed by atoms with Gasteiger partial charge in [-0.25, -0.2) is 19.3 Å². The Bertz CT molecular complexity index is 972. The Morgan fingerprint density at radius 2 is 2.07 bits per heavy atom. The van der Waals surface area contributed by atoms with E-state index in [2.05, 4.69) is 30.6 Å². The van der Waals surface area contributed by atoms with Crippen LogP contribution in [0.2, 0.25) is 0 Å². The third-order valence-electron chi connectivity index (χ3n) is 4.91. The maximum absolute atomic E-state index is 14.4. The van der Waals surface area contributed by atoms with Crippen LogP contribution in [0.5, 0.6) is 0 Å². The highest BCUT2D eigenvalue weighted by molar-refractivity contribution is 5.91. The van der Waals surface area contributed by atoms with E-state index in [1.807, 2.05) is 12.1 Å². The number of aromatic nitrogens is 4. The Morgan fingerprint density at radius 1 is 1.26 bits per heavy atom. The molecule has 4 rings (SSSR count). The SMILES string of the molecule is CC(=O)NC1CCCCC1Nc1nc(-c2c[nH]c3ncccc23)ncc1F. The summed E-state index contributed by atoms with van der Waals surface area (Å²) in [6.07, 6.45) is 8.44. The van der Waals surface area contributed by atoms with E-state index >= 15 is 0 Å². The van der Waals surface area contributed by atoms with E-state index in [1.165, 1.54) is 13.1 Å². The van der Waals surface area contributed by atoms with Crippen LogP contribution in [0.4, 0.5) is 10.2 Å². The molecular formula is C19H21FN6O. The van der Waals surface area contributed by atoms with Crippen LogP contribution in [0.3, 0.4) is 0 Å². The van der Waals surface area contributed by atoms with Gasteiger partial charge in [-0.15, -0.1) is 0 Å². The summed E-state index contributed by atoms with van der Waals surface area (Å²) in [5.41, 5.74) is 1.50. The van der Waals surface area contributed by atoms with E-state index in [0.29, 0.717) is 5.82 Å². The standard InChI is InChI=1S/C19H21FN6O/c1-11(27)24-15-6-2-3-7-16(15)25-19-14(20)10-23-18(26-19)13-9-22-17-12(13)5-4-8-21-17/h4-5,8-10,15-16H,2-3,6-7H2,1H3,(H,21,22)(H,24,27)(H,23,25,26). The molecule has 140 valence electrons. The third kappa shape index (κ3) is 3.60. The fourth-order valence-electron chi connectivity index (χ4n) is 3.65. The molecule has 8 heteroatoms. The molecule has 0 saturated heterocycles. The van der Waals surface area contributed by atoms with Gasteiger partial charge in [-0.2, -0.15) is 0 Å². The lowest BCUT2D eigenvalue weighted by Crippen LogP contribution is -2.48. The highest BCUT2D eigenvalue weighted by Gasteiger charge is 2.27. The molecule has 1 fully saturated rings. The summed E-state index contributed by atoms with van der Waals surface area (Å²) in [4.78, 5) is 27.4. The molecule has 0 radical (unpaired) electrons. The molecule has 1 amide bonds. The molecule has 3 aromatic heterocycles. The molecule has 0 spiro atoms. The Hall–Kier alpha value is -3.03. The molecule has 2 atom stereocenters. The van der Waals surface area contributed by atoms with Crippen LogP contribution in [-0.2, 0) is 4.79 Å². The largest absolute Gasteiger partial charge is 0.363 e. The highest BCUT2D eigenvalue weighted by Crippen LogP contribution is 2.27. The monoisotopic (exact) mass is 368 g/mol. The number of carbonyl (C=O) groups is 1. The zero-order valence-electron chi connectivity index (χ0n) is 15.0. The number of pyridine rings is 1. The Morgan fingerprint density at radius 3 is 2.89 bits per heavy atom. The van der Waals surface area contributed by atoms with Crippen LogP contribution in [0, 0.1) is 5.82 Å². The minimum absolute atomic E-state index is 0.0358. The van der Waals surface area contributed by atoms with Gasteiger partial charge >= 0.3 is 0 Å². The molecule has 2 unspecified atom stereocenters. The summed E-state index contributed by atoms with van der Waals surface area (Å²) in [5.74, 6) is -0.0155. The maximum Gasteiger partial charge on any atom is 0.217 e. The van der Waals surface area contributed by atoms with Gasteiger partial charge < -0.3 is 15.6 Å². The van der Waals surface area contributed by atoms with E-state index in [0.717, 1.165) is 42.3 Å². The number of rotatable bonds is 4. The summed E-state index contributed by atoms with van der Waals surface area (Å²) >= 11 is 0. The zero-order valence-corrected chi connectivity index (χ0v) is 15.0. The van der Waals surface area contributed by atoms with Crippen molar-refractivity contribution < 1.29 is 9.18 Å². The number of nitrogens with zero attached hydrogens (tertiary/aromatic N) is 3. The quantitative estimate of drug-likeness (QED) is 0.658. The molecule has 3 N–H and O–H groups in total. The van der Waals surface area contributed by atoms with Crippen LogP contribution in [-0.4, -0.2) is 37.9 Å². The minimum atomic E-state index is -0.510. The van der Waals surface area contributed by atoms with Crippen LogP contribution in [0.25, 0.3) is 22.4 Å². The Balaban J connectivity index is 1.63. The van der Waals surface area contributed by atoms with Gasteiger partial charge in [0.1, 0.15) is 5.65 Å².